The Labute approximate surface area is 136 Å². The van der Waals surface area contributed by atoms with Gasteiger partial charge >= 0.3 is 0 Å². The van der Waals surface area contributed by atoms with E-state index in [2.05, 4.69) is 5.32 Å². The van der Waals surface area contributed by atoms with Gasteiger partial charge in [-0.25, -0.2) is 0 Å². The molecule has 122 valence electrons. The fourth-order valence-corrected chi connectivity index (χ4v) is 2.11. The second-order valence-corrected chi connectivity index (χ2v) is 5.10. The minimum Gasteiger partial charge on any atom is -0.491 e. The van der Waals surface area contributed by atoms with Crippen molar-refractivity contribution in [2.45, 2.75) is 13.8 Å². The molecule has 0 fully saturated rings. The molecule has 0 saturated heterocycles. The molecule has 0 saturated carbocycles. The molecule has 0 aliphatic heterocycles. The normalized spacial score (nSPS) is 10.3. The van der Waals surface area contributed by atoms with Crippen molar-refractivity contribution in [1.29, 1.82) is 0 Å². The molecule has 2 aromatic carbocycles. The van der Waals surface area contributed by atoms with E-state index in [-0.39, 0.29) is 5.91 Å². The van der Waals surface area contributed by atoms with E-state index in [1.54, 1.807) is 30.3 Å². The number of nitrogens with one attached hydrogen (secondary N) is 1. The second-order valence-electron chi connectivity index (χ2n) is 5.10. The van der Waals surface area contributed by atoms with Crippen molar-refractivity contribution < 1.29 is 14.3 Å². The number of hydrogen-bond donors (Lipinski definition) is 2. The van der Waals surface area contributed by atoms with Crippen LogP contribution in [0.1, 0.15) is 22.8 Å². The van der Waals surface area contributed by atoms with Crippen molar-refractivity contribution in [3.8, 4) is 5.75 Å². The number of aryl methyl sites for hydroxylation is 1. The van der Waals surface area contributed by atoms with Gasteiger partial charge in [0, 0.05) is 23.5 Å². The molecule has 2 aromatic rings. The van der Waals surface area contributed by atoms with E-state index in [4.69, 9.17) is 15.2 Å². The molecule has 5 heteroatoms. The summed E-state index contributed by atoms with van der Waals surface area (Å²) >= 11 is 0. The molecule has 1 amide bonds. The molecule has 0 radical (unpaired) electrons. The van der Waals surface area contributed by atoms with E-state index in [0.29, 0.717) is 36.8 Å². The van der Waals surface area contributed by atoms with Crippen LogP contribution in [0.4, 0.5) is 11.4 Å². The van der Waals surface area contributed by atoms with E-state index in [1.807, 2.05) is 26.0 Å². The Balaban J connectivity index is 2.01. The molecule has 0 aliphatic rings. The number of carbonyl (C=O) groups is 1. The molecule has 0 atom stereocenters. The molecule has 0 heterocycles. The number of ether oxygens (including phenoxy) is 2. The second kappa shape index (κ2) is 8.19. The average Bonchev–Trinajstić information content (AvgIpc) is 2.54. The Morgan fingerprint density at radius 2 is 2.00 bits per heavy atom. The topological polar surface area (TPSA) is 73.6 Å². The first-order valence-electron chi connectivity index (χ1n) is 7.58. The van der Waals surface area contributed by atoms with Gasteiger partial charge < -0.3 is 20.5 Å². The lowest BCUT2D eigenvalue weighted by molar-refractivity contribution is 0.102. The van der Waals surface area contributed by atoms with Crippen molar-refractivity contribution in [2.24, 2.45) is 0 Å². The molecule has 3 N–H and O–H groups in total. The van der Waals surface area contributed by atoms with Gasteiger partial charge in [0.05, 0.1) is 6.61 Å². The van der Waals surface area contributed by atoms with Crippen molar-refractivity contribution >= 4 is 17.3 Å². The Bertz CT molecular complexity index is 671. The molecule has 0 unspecified atom stereocenters. The summed E-state index contributed by atoms with van der Waals surface area (Å²) in [5.74, 6) is 0.458. The quantitative estimate of drug-likeness (QED) is 0.608. The third-order valence-corrected chi connectivity index (χ3v) is 3.30. The molecule has 0 aliphatic carbocycles. The Morgan fingerprint density at radius 1 is 1.17 bits per heavy atom. The highest BCUT2D eigenvalue weighted by Gasteiger charge is 2.09. The minimum absolute atomic E-state index is 0.187. The summed E-state index contributed by atoms with van der Waals surface area (Å²) in [6.07, 6.45) is 0. The van der Waals surface area contributed by atoms with Crippen LogP contribution in [-0.4, -0.2) is 25.7 Å². The summed E-state index contributed by atoms with van der Waals surface area (Å²) in [7, 11) is 0. The largest absolute Gasteiger partial charge is 0.491 e. The average molecular weight is 314 g/mol. The first kappa shape index (κ1) is 16.8. The van der Waals surface area contributed by atoms with Crippen LogP contribution in [0.5, 0.6) is 5.75 Å². The maximum Gasteiger partial charge on any atom is 0.255 e. The van der Waals surface area contributed by atoms with E-state index in [1.165, 1.54) is 0 Å². The van der Waals surface area contributed by atoms with Gasteiger partial charge in [-0.15, -0.1) is 0 Å². The molecule has 2 rings (SSSR count). The highest BCUT2D eigenvalue weighted by atomic mass is 16.5. The van der Waals surface area contributed by atoms with Gasteiger partial charge in [0.15, 0.2) is 0 Å². The fraction of sp³-hybridized carbons (Fsp3) is 0.278. The van der Waals surface area contributed by atoms with Gasteiger partial charge in [0.2, 0.25) is 0 Å². The van der Waals surface area contributed by atoms with E-state index >= 15 is 0 Å². The van der Waals surface area contributed by atoms with Crippen LogP contribution in [-0.2, 0) is 4.74 Å². The number of benzene rings is 2. The molecule has 5 nitrogen and oxygen atoms in total. The van der Waals surface area contributed by atoms with Crippen LogP contribution in [0.15, 0.2) is 42.5 Å². The van der Waals surface area contributed by atoms with Crippen molar-refractivity contribution in [3.05, 3.63) is 53.6 Å². The van der Waals surface area contributed by atoms with Gasteiger partial charge in [-0.2, -0.15) is 0 Å². The summed E-state index contributed by atoms with van der Waals surface area (Å²) in [4.78, 5) is 12.4. The lowest BCUT2D eigenvalue weighted by Crippen LogP contribution is -2.13. The van der Waals surface area contributed by atoms with Gasteiger partial charge in [-0.1, -0.05) is 6.07 Å². The first-order valence-corrected chi connectivity index (χ1v) is 7.58. The first-order chi connectivity index (χ1) is 11.1. The third kappa shape index (κ3) is 5.00. The van der Waals surface area contributed by atoms with Crippen LogP contribution in [0, 0.1) is 6.92 Å². The lowest BCUT2D eigenvalue weighted by Gasteiger charge is -2.10. The van der Waals surface area contributed by atoms with Gasteiger partial charge in [-0.3, -0.25) is 4.79 Å². The molecule has 0 aromatic heterocycles. The molecule has 23 heavy (non-hydrogen) atoms. The smallest absolute Gasteiger partial charge is 0.255 e. The third-order valence-electron chi connectivity index (χ3n) is 3.30. The van der Waals surface area contributed by atoms with E-state index in [0.717, 1.165) is 11.3 Å². The number of nitrogen functional groups attached to an aromatic ring is 1. The van der Waals surface area contributed by atoms with Crippen LogP contribution in [0.25, 0.3) is 0 Å². The number of amides is 1. The maximum absolute atomic E-state index is 12.4. The highest BCUT2D eigenvalue weighted by molar-refractivity contribution is 6.04. The van der Waals surface area contributed by atoms with Gasteiger partial charge in [0.1, 0.15) is 12.4 Å². The Hall–Kier alpha value is -2.53. The van der Waals surface area contributed by atoms with Crippen LogP contribution in [0.2, 0.25) is 0 Å². The van der Waals surface area contributed by atoms with E-state index in [9.17, 15) is 4.79 Å². The fourth-order valence-electron chi connectivity index (χ4n) is 2.11. The monoisotopic (exact) mass is 314 g/mol. The molecular formula is C18H22N2O3. The zero-order valence-corrected chi connectivity index (χ0v) is 13.5. The lowest BCUT2D eigenvalue weighted by atomic mass is 10.1. The van der Waals surface area contributed by atoms with Crippen molar-refractivity contribution in [3.63, 3.8) is 0 Å². The van der Waals surface area contributed by atoms with Crippen LogP contribution in [0.3, 0.4) is 0 Å². The zero-order valence-electron chi connectivity index (χ0n) is 13.5. The van der Waals surface area contributed by atoms with Crippen LogP contribution < -0.4 is 15.8 Å². The number of rotatable bonds is 7. The number of nitrogens with two attached hydrogens (primary N) is 1. The Morgan fingerprint density at radius 3 is 2.74 bits per heavy atom. The number of carbonyl (C=O) groups excluding carboxylic acids is 1. The molecular weight excluding hydrogens is 292 g/mol. The maximum atomic E-state index is 12.4. The summed E-state index contributed by atoms with van der Waals surface area (Å²) in [5, 5.41) is 2.88. The van der Waals surface area contributed by atoms with Gasteiger partial charge in [-0.05, 0) is 55.8 Å². The van der Waals surface area contributed by atoms with Crippen molar-refractivity contribution in [2.75, 3.05) is 30.9 Å². The number of hydrogen-bond acceptors (Lipinski definition) is 4. The van der Waals surface area contributed by atoms with Crippen LogP contribution >= 0.6 is 0 Å². The SMILES string of the molecule is CCOCCOc1cccc(C(=O)Nc2ccc(N)cc2C)c1. The Kier molecular flexibility index (Phi) is 6.00. The summed E-state index contributed by atoms with van der Waals surface area (Å²) in [5.41, 5.74) is 8.59. The molecule has 0 bridgehead atoms. The highest BCUT2D eigenvalue weighted by Crippen LogP contribution is 2.20. The zero-order chi connectivity index (χ0) is 16.7. The summed E-state index contributed by atoms with van der Waals surface area (Å²) < 4.78 is 10.8. The predicted octanol–water partition coefficient (Wildman–Crippen LogP) is 3.24. The van der Waals surface area contributed by atoms with E-state index < -0.39 is 0 Å². The molecule has 0 spiro atoms. The predicted molar refractivity (Wildman–Crippen MR) is 92.0 cm³/mol. The van der Waals surface area contributed by atoms with Crippen molar-refractivity contribution in [1.82, 2.24) is 0 Å². The minimum atomic E-state index is -0.187. The summed E-state index contributed by atoms with van der Waals surface area (Å²) in [6, 6.07) is 12.5. The standard InChI is InChI=1S/C18H22N2O3/c1-3-22-9-10-23-16-6-4-5-14(12-16)18(21)20-17-8-7-15(19)11-13(17)2/h4-8,11-12H,3,9-10,19H2,1-2H3,(H,20,21). The van der Waals surface area contributed by atoms with Gasteiger partial charge in [0.25, 0.3) is 5.91 Å². The number of anilines is 2. The summed E-state index contributed by atoms with van der Waals surface area (Å²) in [6.45, 7) is 5.48.